The van der Waals surface area contributed by atoms with E-state index < -0.39 is 5.79 Å². The zero-order valence-electron chi connectivity index (χ0n) is 6.51. The highest BCUT2D eigenvalue weighted by atomic mass is 16.5. The molecule has 0 saturated carbocycles. The molecule has 0 spiro atoms. The van der Waals surface area contributed by atoms with Gasteiger partial charge in [-0.2, -0.15) is 0 Å². The van der Waals surface area contributed by atoms with Crippen LogP contribution in [0.3, 0.4) is 0 Å². The number of hydrogen-bond donors (Lipinski definition) is 2. The minimum atomic E-state index is -1.52. The molecule has 0 unspecified atom stereocenters. The highest BCUT2D eigenvalue weighted by Crippen LogP contribution is 2.14. The van der Waals surface area contributed by atoms with Gasteiger partial charge in [0.2, 0.25) is 0 Å². The first-order valence-corrected chi connectivity index (χ1v) is 3.68. The van der Waals surface area contributed by atoms with Gasteiger partial charge in [0.25, 0.3) is 0 Å². The van der Waals surface area contributed by atoms with Gasteiger partial charge in [0.05, 0.1) is 0 Å². The van der Waals surface area contributed by atoms with Crippen LogP contribution in [0.2, 0.25) is 0 Å². The summed E-state index contributed by atoms with van der Waals surface area (Å²) in [6, 6.07) is 0. The molecule has 0 bridgehead atoms. The minimum Gasteiger partial charge on any atom is -0.365 e. The zero-order valence-corrected chi connectivity index (χ0v) is 6.51. The normalized spacial score (nSPS) is 11.5. The van der Waals surface area contributed by atoms with Crippen molar-refractivity contribution in [2.75, 3.05) is 0 Å². The summed E-state index contributed by atoms with van der Waals surface area (Å²) in [5.41, 5.74) is 0. The van der Waals surface area contributed by atoms with Gasteiger partial charge in [-0.15, -0.1) is 6.58 Å². The molecule has 0 aliphatic heterocycles. The summed E-state index contributed by atoms with van der Waals surface area (Å²) in [5.74, 6) is -1.52. The summed E-state index contributed by atoms with van der Waals surface area (Å²) in [4.78, 5) is 0. The van der Waals surface area contributed by atoms with E-state index >= 15 is 0 Å². The van der Waals surface area contributed by atoms with Gasteiger partial charge < -0.3 is 10.2 Å². The summed E-state index contributed by atoms with van der Waals surface area (Å²) in [6.07, 6.45) is 4.05. The maximum atomic E-state index is 9.13. The quantitative estimate of drug-likeness (QED) is 0.452. The Bertz CT molecular complexity index is 97.4. The average Bonchev–Trinajstić information content (AvgIpc) is 1.84. The van der Waals surface area contributed by atoms with Crippen LogP contribution < -0.4 is 0 Å². The number of aliphatic hydroxyl groups is 2. The minimum absolute atomic E-state index is 0.257. The summed E-state index contributed by atoms with van der Waals surface area (Å²) in [6.45, 7) is 5.45. The Labute approximate surface area is 62.2 Å². The molecule has 0 radical (unpaired) electrons. The van der Waals surface area contributed by atoms with E-state index in [2.05, 4.69) is 6.58 Å². The Hall–Kier alpha value is -0.340. The van der Waals surface area contributed by atoms with Gasteiger partial charge in [0.1, 0.15) is 0 Å². The van der Waals surface area contributed by atoms with Gasteiger partial charge >= 0.3 is 0 Å². The molecule has 2 N–H and O–H groups in total. The van der Waals surface area contributed by atoms with Crippen LogP contribution in [-0.2, 0) is 0 Å². The van der Waals surface area contributed by atoms with Crippen molar-refractivity contribution in [2.24, 2.45) is 0 Å². The third-order valence-corrected chi connectivity index (χ3v) is 1.40. The van der Waals surface area contributed by atoms with Crippen molar-refractivity contribution >= 4 is 0 Å². The van der Waals surface area contributed by atoms with Crippen molar-refractivity contribution in [3.8, 4) is 0 Å². The second-order valence-corrected chi connectivity index (χ2v) is 2.58. The fourth-order valence-corrected chi connectivity index (χ4v) is 0.793. The van der Waals surface area contributed by atoms with Gasteiger partial charge in [0.15, 0.2) is 5.79 Å². The fraction of sp³-hybridized carbons (Fsp3) is 0.750. The molecule has 0 saturated heterocycles. The van der Waals surface area contributed by atoms with Gasteiger partial charge in [-0.1, -0.05) is 19.4 Å². The lowest BCUT2D eigenvalue weighted by atomic mass is 10.1. The lowest BCUT2D eigenvalue weighted by Gasteiger charge is -2.18. The second kappa shape index (κ2) is 4.47. The van der Waals surface area contributed by atoms with E-state index in [1.165, 1.54) is 6.08 Å². The highest BCUT2D eigenvalue weighted by molar-refractivity contribution is 4.77. The van der Waals surface area contributed by atoms with E-state index in [4.69, 9.17) is 10.2 Å². The number of rotatable bonds is 5. The van der Waals surface area contributed by atoms with Crippen LogP contribution in [0.25, 0.3) is 0 Å². The molecule has 2 heteroatoms. The van der Waals surface area contributed by atoms with E-state index in [1.54, 1.807) is 0 Å². The van der Waals surface area contributed by atoms with Crippen molar-refractivity contribution in [3.63, 3.8) is 0 Å². The molecule has 60 valence electrons. The molecule has 0 aliphatic carbocycles. The molecule has 0 fully saturated rings. The molecule has 0 aromatic carbocycles. The Morgan fingerprint density at radius 3 is 2.50 bits per heavy atom. The van der Waals surface area contributed by atoms with Crippen LogP contribution in [0.4, 0.5) is 0 Å². The lowest BCUT2D eigenvalue weighted by Crippen LogP contribution is -2.26. The second-order valence-electron chi connectivity index (χ2n) is 2.58. The summed E-state index contributed by atoms with van der Waals surface area (Å²) < 4.78 is 0. The van der Waals surface area contributed by atoms with Gasteiger partial charge in [0, 0.05) is 12.8 Å². The zero-order chi connectivity index (χ0) is 8.04. The lowest BCUT2D eigenvalue weighted by molar-refractivity contribution is -0.162. The molecular weight excluding hydrogens is 128 g/mol. The molecule has 0 aliphatic rings. The van der Waals surface area contributed by atoms with Crippen LogP contribution in [0, 0.1) is 0 Å². The first-order chi connectivity index (χ1) is 4.62. The van der Waals surface area contributed by atoms with Crippen molar-refractivity contribution in [3.05, 3.63) is 12.7 Å². The predicted octanol–water partition coefficient (Wildman–Crippen LogP) is 1.43. The molecule has 10 heavy (non-hydrogen) atoms. The Morgan fingerprint density at radius 2 is 2.10 bits per heavy atom. The summed E-state index contributed by atoms with van der Waals surface area (Å²) in [7, 11) is 0. The van der Waals surface area contributed by atoms with E-state index in [9.17, 15) is 0 Å². The molecule has 0 aromatic heterocycles. The SMILES string of the molecule is C=CCC(O)(O)CCCC. The van der Waals surface area contributed by atoms with Crippen LogP contribution in [0.15, 0.2) is 12.7 Å². The number of unbranched alkanes of at least 4 members (excludes halogenated alkanes) is 1. The standard InChI is InChI=1S/C8H16O2/c1-3-5-7-8(9,10)6-4-2/h4,9-10H,2-3,5-7H2,1H3. The van der Waals surface area contributed by atoms with Crippen molar-refractivity contribution in [2.45, 2.75) is 38.4 Å². The summed E-state index contributed by atoms with van der Waals surface area (Å²) >= 11 is 0. The highest BCUT2D eigenvalue weighted by Gasteiger charge is 2.18. The molecule has 0 aromatic rings. The molecule has 0 amide bonds. The van der Waals surface area contributed by atoms with E-state index in [1.807, 2.05) is 6.92 Å². The van der Waals surface area contributed by atoms with E-state index in [0.29, 0.717) is 6.42 Å². The van der Waals surface area contributed by atoms with Crippen LogP contribution in [-0.4, -0.2) is 16.0 Å². The van der Waals surface area contributed by atoms with Crippen LogP contribution in [0.5, 0.6) is 0 Å². The first kappa shape index (κ1) is 9.66. The molecule has 0 rings (SSSR count). The maximum absolute atomic E-state index is 9.13. The van der Waals surface area contributed by atoms with Crippen LogP contribution in [0.1, 0.15) is 32.6 Å². The summed E-state index contributed by atoms with van der Waals surface area (Å²) in [5, 5.41) is 18.3. The Balaban J connectivity index is 3.51. The molecule has 2 nitrogen and oxygen atoms in total. The maximum Gasteiger partial charge on any atom is 0.165 e. The third kappa shape index (κ3) is 4.53. The molecule has 0 atom stereocenters. The Kier molecular flexibility index (Phi) is 4.32. The van der Waals surface area contributed by atoms with Crippen molar-refractivity contribution in [1.82, 2.24) is 0 Å². The smallest absolute Gasteiger partial charge is 0.165 e. The van der Waals surface area contributed by atoms with E-state index in [-0.39, 0.29) is 6.42 Å². The largest absolute Gasteiger partial charge is 0.365 e. The van der Waals surface area contributed by atoms with Gasteiger partial charge in [-0.3, -0.25) is 0 Å². The molecular formula is C8H16O2. The number of hydrogen-bond acceptors (Lipinski definition) is 2. The predicted molar refractivity (Wildman–Crippen MR) is 41.5 cm³/mol. The molecule has 0 heterocycles. The topological polar surface area (TPSA) is 40.5 Å². The van der Waals surface area contributed by atoms with Gasteiger partial charge in [-0.05, 0) is 6.42 Å². The van der Waals surface area contributed by atoms with Crippen LogP contribution >= 0.6 is 0 Å². The monoisotopic (exact) mass is 144 g/mol. The Morgan fingerprint density at radius 1 is 1.50 bits per heavy atom. The van der Waals surface area contributed by atoms with Crippen molar-refractivity contribution < 1.29 is 10.2 Å². The van der Waals surface area contributed by atoms with Gasteiger partial charge in [-0.25, -0.2) is 0 Å². The van der Waals surface area contributed by atoms with E-state index in [0.717, 1.165) is 12.8 Å². The first-order valence-electron chi connectivity index (χ1n) is 3.68. The average molecular weight is 144 g/mol. The fourth-order valence-electron chi connectivity index (χ4n) is 0.793. The third-order valence-electron chi connectivity index (χ3n) is 1.40. The van der Waals surface area contributed by atoms with Crippen molar-refractivity contribution in [1.29, 1.82) is 0 Å².